The number of ether oxygens (including phenoxy) is 1. The molecule has 1 heterocycles. The average Bonchev–Trinajstić information content (AvgIpc) is 3.16. The van der Waals surface area contributed by atoms with Gasteiger partial charge in [0.25, 0.3) is 5.91 Å². The van der Waals surface area contributed by atoms with Crippen molar-refractivity contribution in [3.05, 3.63) is 65.3 Å². The molecule has 1 N–H and O–H groups in total. The number of aromatic nitrogens is 2. The number of nitrogens with zero attached hydrogens (tertiary/aromatic N) is 3. The molecule has 0 aliphatic heterocycles. The Hall–Kier alpha value is -3.16. The summed E-state index contributed by atoms with van der Waals surface area (Å²) in [4.78, 5) is 23.0. The van der Waals surface area contributed by atoms with E-state index in [1.165, 1.54) is 0 Å². The molecule has 2 aromatic carbocycles. The Balaban J connectivity index is 1.93. The lowest BCUT2D eigenvalue weighted by atomic mass is 10.1. The second-order valence-corrected chi connectivity index (χ2v) is 6.80. The number of aryl methyl sites for hydroxylation is 1. The Kier molecular flexibility index (Phi) is 6.31. The highest BCUT2D eigenvalue weighted by molar-refractivity contribution is 6.30. The van der Waals surface area contributed by atoms with Crippen molar-refractivity contribution < 1.29 is 19.5 Å². The maximum atomic E-state index is 11.9. The smallest absolute Gasteiger partial charge is 0.253 e. The SMILES string of the molecule is COc1ccc(-n2nc(CCC(=O)N(O)C(C)=O)cc2-c2ccc(Cl)cc2)cc1. The molecule has 29 heavy (non-hydrogen) atoms. The van der Waals surface area contributed by atoms with E-state index >= 15 is 0 Å². The highest BCUT2D eigenvalue weighted by Gasteiger charge is 2.17. The number of carbonyl (C=O) groups excluding carboxylic acids is 2. The second-order valence-electron chi connectivity index (χ2n) is 6.36. The van der Waals surface area contributed by atoms with Gasteiger partial charge in [-0.05, 0) is 42.5 Å². The van der Waals surface area contributed by atoms with Crippen LogP contribution in [0.15, 0.2) is 54.6 Å². The maximum Gasteiger partial charge on any atom is 0.253 e. The summed E-state index contributed by atoms with van der Waals surface area (Å²) in [5.74, 6) is -0.669. The van der Waals surface area contributed by atoms with Gasteiger partial charge in [0.15, 0.2) is 0 Å². The van der Waals surface area contributed by atoms with Crippen LogP contribution in [0.4, 0.5) is 0 Å². The topological polar surface area (TPSA) is 84.7 Å². The molecule has 0 saturated heterocycles. The Labute approximate surface area is 173 Å². The first-order valence-corrected chi connectivity index (χ1v) is 9.28. The van der Waals surface area contributed by atoms with Crippen LogP contribution in [0.5, 0.6) is 5.75 Å². The van der Waals surface area contributed by atoms with E-state index < -0.39 is 11.8 Å². The number of imide groups is 1. The molecule has 8 heteroatoms. The number of hydrogen-bond acceptors (Lipinski definition) is 5. The Morgan fingerprint density at radius 2 is 1.79 bits per heavy atom. The predicted molar refractivity (Wildman–Crippen MR) is 108 cm³/mol. The van der Waals surface area contributed by atoms with Crippen molar-refractivity contribution in [2.45, 2.75) is 19.8 Å². The lowest BCUT2D eigenvalue weighted by Crippen LogP contribution is -2.31. The zero-order chi connectivity index (χ0) is 21.0. The summed E-state index contributed by atoms with van der Waals surface area (Å²) >= 11 is 6.00. The van der Waals surface area contributed by atoms with Crippen LogP contribution in [0, 0.1) is 0 Å². The summed E-state index contributed by atoms with van der Waals surface area (Å²) in [6.45, 7) is 1.12. The maximum absolute atomic E-state index is 11.9. The van der Waals surface area contributed by atoms with E-state index in [4.69, 9.17) is 16.3 Å². The van der Waals surface area contributed by atoms with Gasteiger partial charge in [-0.1, -0.05) is 23.7 Å². The van der Waals surface area contributed by atoms with Crippen LogP contribution >= 0.6 is 11.6 Å². The van der Waals surface area contributed by atoms with Crippen LogP contribution in [-0.2, 0) is 16.0 Å². The van der Waals surface area contributed by atoms with Crippen molar-refractivity contribution in [1.29, 1.82) is 0 Å². The molecular weight excluding hydrogens is 394 g/mol. The summed E-state index contributed by atoms with van der Waals surface area (Å²) in [5, 5.41) is 14.8. The van der Waals surface area contributed by atoms with Gasteiger partial charge in [-0.3, -0.25) is 14.8 Å². The summed E-state index contributed by atoms with van der Waals surface area (Å²) in [6, 6.07) is 16.7. The quantitative estimate of drug-likeness (QED) is 0.489. The van der Waals surface area contributed by atoms with E-state index in [0.717, 1.165) is 29.6 Å². The third-order valence-corrected chi connectivity index (χ3v) is 4.60. The third-order valence-electron chi connectivity index (χ3n) is 4.35. The number of rotatable bonds is 6. The minimum Gasteiger partial charge on any atom is -0.497 e. The van der Waals surface area contributed by atoms with Gasteiger partial charge >= 0.3 is 0 Å². The van der Waals surface area contributed by atoms with Crippen LogP contribution in [0.25, 0.3) is 16.9 Å². The number of hydrogen-bond donors (Lipinski definition) is 1. The number of halogens is 1. The van der Waals surface area contributed by atoms with Crippen LogP contribution in [-0.4, -0.2) is 39.0 Å². The summed E-state index contributed by atoms with van der Waals surface area (Å²) in [6.07, 6.45) is 0.225. The highest BCUT2D eigenvalue weighted by Crippen LogP contribution is 2.27. The van der Waals surface area contributed by atoms with E-state index in [2.05, 4.69) is 5.10 Å². The standard InChI is InChI=1S/C21H20ClN3O4/c1-14(26)25(28)21(27)12-7-17-13-20(15-3-5-16(22)6-4-15)24(23-17)18-8-10-19(29-2)11-9-18/h3-6,8-11,13,28H,7,12H2,1-2H3. The lowest BCUT2D eigenvalue weighted by molar-refractivity contribution is -0.177. The van der Waals surface area contributed by atoms with Crippen molar-refractivity contribution in [2.24, 2.45) is 0 Å². The zero-order valence-corrected chi connectivity index (χ0v) is 16.8. The number of hydroxylamine groups is 2. The van der Waals surface area contributed by atoms with Crippen molar-refractivity contribution in [2.75, 3.05) is 7.11 Å². The van der Waals surface area contributed by atoms with E-state index in [0.29, 0.717) is 10.7 Å². The molecule has 0 fully saturated rings. The van der Waals surface area contributed by atoms with Crippen LogP contribution < -0.4 is 4.74 Å². The Morgan fingerprint density at radius 3 is 2.38 bits per heavy atom. The summed E-state index contributed by atoms with van der Waals surface area (Å²) in [5.41, 5.74) is 3.20. The summed E-state index contributed by atoms with van der Waals surface area (Å²) < 4.78 is 6.98. The Bertz CT molecular complexity index is 1010. The van der Waals surface area contributed by atoms with Gasteiger partial charge in [0, 0.05) is 30.4 Å². The fraction of sp³-hybridized carbons (Fsp3) is 0.190. The van der Waals surface area contributed by atoms with Crippen LogP contribution in [0.2, 0.25) is 5.02 Å². The molecule has 0 unspecified atom stereocenters. The molecule has 150 valence electrons. The molecule has 0 aliphatic rings. The molecule has 3 aromatic rings. The number of amides is 2. The molecule has 0 atom stereocenters. The lowest BCUT2D eigenvalue weighted by Gasteiger charge is -2.09. The monoisotopic (exact) mass is 413 g/mol. The number of carbonyl (C=O) groups is 2. The minimum atomic E-state index is -0.722. The zero-order valence-electron chi connectivity index (χ0n) is 16.0. The number of methoxy groups -OCH3 is 1. The number of benzene rings is 2. The van der Waals surface area contributed by atoms with Crippen LogP contribution in [0.3, 0.4) is 0 Å². The minimum absolute atomic E-state index is 0.0459. The normalized spacial score (nSPS) is 10.6. The fourth-order valence-corrected chi connectivity index (χ4v) is 2.94. The van der Waals surface area contributed by atoms with Gasteiger partial charge in [-0.15, -0.1) is 0 Å². The molecule has 1 aromatic heterocycles. The predicted octanol–water partition coefficient (Wildman–Crippen LogP) is 3.90. The molecule has 3 rings (SSSR count). The van der Waals surface area contributed by atoms with Crippen LogP contribution in [0.1, 0.15) is 19.0 Å². The van der Waals surface area contributed by atoms with E-state index in [1.807, 2.05) is 42.5 Å². The van der Waals surface area contributed by atoms with Crippen molar-refractivity contribution in [3.63, 3.8) is 0 Å². The molecule has 0 bridgehead atoms. The van der Waals surface area contributed by atoms with Crippen molar-refractivity contribution in [3.8, 4) is 22.7 Å². The van der Waals surface area contributed by atoms with Gasteiger partial charge in [-0.2, -0.15) is 10.2 Å². The Morgan fingerprint density at radius 1 is 1.14 bits per heavy atom. The van der Waals surface area contributed by atoms with Crippen molar-refractivity contribution >= 4 is 23.4 Å². The first-order valence-electron chi connectivity index (χ1n) is 8.90. The van der Waals surface area contributed by atoms with Gasteiger partial charge in [0.1, 0.15) is 5.75 Å². The molecule has 7 nitrogen and oxygen atoms in total. The van der Waals surface area contributed by atoms with Crippen molar-refractivity contribution in [1.82, 2.24) is 14.8 Å². The molecule has 0 spiro atoms. The molecule has 0 aliphatic carbocycles. The average molecular weight is 414 g/mol. The second kappa shape index (κ2) is 8.89. The molecule has 0 saturated carbocycles. The summed E-state index contributed by atoms with van der Waals surface area (Å²) in [7, 11) is 1.60. The third kappa shape index (κ3) is 4.82. The first-order chi connectivity index (χ1) is 13.9. The first kappa shape index (κ1) is 20.6. The van der Waals surface area contributed by atoms with Gasteiger partial charge in [0.2, 0.25) is 5.91 Å². The van der Waals surface area contributed by atoms with E-state index in [1.54, 1.807) is 23.9 Å². The van der Waals surface area contributed by atoms with Gasteiger partial charge in [-0.25, -0.2) is 4.68 Å². The fourth-order valence-electron chi connectivity index (χ4n) is 2.82. The van der Waals surface area contributed by atoms with E-state index in [9.17, 15) is 14.8 Å². The van der Waals surface area contributed by atoms with Gasteiger partial charge < -0.3 is 4.74 Å². The highest BCUT2D eigenvalue weighted by atomic mass is 35.5. The van der Waals surface area contributed by atoms with Gasteiger partial charge in [0.05, 0.1) is 24.2 Å². The molecular formula is C21H20ClN3O4. The largest absolute Gasteiger partial charge is 0.497 e. The molecule has 0 radical (unpaired) electrons. The molecule has 2 amide bonds. The van der Waals surface area contributed by atoms with E-state index in [-0.39, 0.29) is 17.9 Å².